The summed E-state index contributed by atoms with van der Waals surface area (Å²) in [7, 11) is 0. The zero-order valence-electron chi connectivity index (χ0n) is 15.0. The van der Waals surface area contributed by atoms with Crippen LogP contribution in [0.1, 0.15) is 19.6 Å². The maximum Gasteiger partial charge on any atom is 0.322 e. The molecule has 0 spiro atoms. The highest BCUT2D eigenvalue weighted by atomic mass is 32.1. The lowest BCUT2D eigenvalue weighted by Crippen LogP contribution is -2.49. The number of carbonyl (C=O) groups excluding carboxylic acids is 2. The van der Waals surface area contributed by atoms with E-state index < -0.39 is 60.9 Å². The number of thiol groups is 1. The topological polar surface area (TPSA) is 159 Å². The van der Waals surface area contributed by atoms with Gasteiger partial charge in [0.1, 0.15) is 18.6 Å². The van der Waals surface area contributed by atoms with Crippen molar-refractivity contribution in [3.63, 3.8) is 0 Å². The van der Waals surface area contributed by atoms with E-state index in [1.165, 1.54) is 0 Å². The van der Waals surface area contributed by atoms with Gasteiger partial charge in [0, 0.05) is 17.6 Å². The number of nitrogens with two attached hydrogens (primary N) is 1. The van der Waals surface area contributed by atoms with Crippen molar-refractivity contribution in [1.82, 2.24) is 10.6 Å². The second-order valence-electron chi connectivity index (χ2n) is 3.29. The molecular formula is C10H17N3O6S. The van der Waals surface area contributed by atoms with E-state index in [0.717, 1.165) is 0 Å². The van der Waals surface area contributed by atoms with Crippen LogP contribution in [0.15, 0.2) is 0 Å². The third kappa shape index (κ3) is 7.59. The first-order valence-corrected chi connectivity index (χ1v) is 5.69. The lowest BCUT2D eigenvalue weighted by atomic mass is 10.1. The molecule has 0 saturated heterocycles. The first kappa shape index (κ1) is 10.9. The van der Waals surface area contributed by atoms with E-state index in [1.54, 1.807) is 5.32 Å². The van der Waals surface area contributed by atoms with Gasteiger partial charge in [-0.25, -0.2) is 0 Å². The van der Waals surface area contributed by atoms with E-state index in [4.69, 9.17) is 22.8 Å². The second-order valence-corrected chi connectivity index (χ2v) is 3.65. The van der Waals surface area contributed by atoms with Crippen LogP contribution >= 0.6 is 12.6 Å². The van der Waals surface area contributed by atoms with Gasteiger partial charge in [0.05, 0.1) is 1.37 Å². The molecule has 20 heavy (non-hydrogen) atoms. The van der Waals surface area contributed by atoms with E-state index in [0.29, 0.717) is 0 Å². The summed E-state index contributed by atoms with van der Waals surface area (Å²) in [5.41, 5.74) is 4.98. The summed E-state index contributed by atoms with van der Waals surface area (Å²) < 4.78 is 37.3. The number of amides is 2. The third-order valence-electron chi connectivity index (χ3n) is 1.76. The van der Waals surface area contributed by atoms with Gasteiger partial charge in [0.15, 0.2) is 0 Å². The summed E-state index contributed by atoms with van der Waals surface area (Å²) >= 11 is 3.74. The Morgan fingerprint density at radius 3 is 2.40 bits per heavy atom. The van der Waals surface area contributed by atoms with E-state index in [-0.39, 0.29) is 0 Å². The first-order chi connectivity index (χ1) is 11.1. The lowest BCUT2D eigenvalue weighted by Gasteiger charge is -2.16. The van der Waals surface area contributed by atoms with Crippen molar-refractivity contribution in [2.45, 2.75) is 24.8 Å². The molecule has 2 amide bonds. The molecule has 0 radical (unpaired) electrons. The zero-order valence-corrected chi connectivity index (χ0v) is 10.9. The molecule has 114 valence electrons. The van der Waals surface area contributed by atoms with Gasteiger partial charge < -0.3 is 26.6 Å². The first-order valence-electron chi connectivity index (χ1n) is 7.56. The fourth-order valence-corrected chi connectivity index (χ4v) is 1.11. The quantitative estimate of drug-likeness (QED) is 0.263. The normalized spacial score (nSPS) is 19.8. The van der Waals surface area contributed by atoms with Crippen LogP contribution in [0.5, 0.6) is 0 Å². The maximum absolute atomic E-state index is 12.0. The van der Waals surface area contributed by atoms with Crippen molar-refractivity contribution in [2.75, 3.05) is 12.3 Å². The van der Waals surface area contributed by atoms with E-state index >= 15 is 0 Å². The molecule has 6 N–H and O–H groups in total. The molecule has 9 nitrogen and oxygen atoms in total. The average molecular weight is 312 g/mol. The van der Waals surface area contributed by atoms with Crippen molar-refractivity contribution < 1.29 is 36.2 Å². The molecule has 0 aromatic heterocycles. The number of carboxylic acid groups (broad SMARTS) is 2. The minimum Gasteiger partial charge on any atom is -0.480 e. The van der Waals surface area contributed by atoms with Crippen molar-refractivity contribution in [3.8, 4) is 0 Å². The molecular weight excluding hydrogens is 290 g/mol. The molecule has 0 aromatic carbocycles. The number of nitrogens with one attached hydrogen (secondary N) is 2. The van der Waals surface area contributed by atoms with Gasteiger partial charge in [-0.1, -0.05) is 0 Å². The predicted octanol–water partition coefficient (Wildman–Crippen LogP) is -2.21. The van der Waals surface area contributed by atoms with Crippen LogP contribution in [0.25, 0.3) is 0 Å². The zero-order chi connectivity index (χ0) is 20.2. The summed E-state index contributed by atoms with van der Waals surface area (Å²) in [6.45, 7) is -0.787. The molecule has 2 atom stereocenters. The number of carbonyl (C=O) groups is 4. The van der Waals surface area contributed by atoms with Gasteiger partial charge in [-0.15, -0.1) is 0 Å². The van der Waals surface area contributed by atoms with E-state index in [1.807, 2.05) is 5.32 Å². The highest BCUT2D eigenvalue weighted by Gasteiger charge is 2.20. The number of hydrogen-bond acceptors (Lipinski definition) is 6. The molecule has 0 aromatic rings. The highest BCUT2D eigenvalue weighted by Crippen LogP contribution is 1.97. The van der Waals surface area contributed by atoms with Gasteiger partial charge in [-0.2, -0.15) is 12.6 Å². The van der Waals surface area contributed by atoms with Crippen LogP contribution < -0.4 is 16.4 Å². The fourth-order valence-electron chi connectivity index (χ4n) is 0.852. The molecule has 0 heterocycles. The molecule has 0 saturated carbocycles. The lowest BCUT2D eigenvalue weighted by molar-refractivity contribution is -0.139. The van der Waals surface area contributed by atoms with Gasteiger partial charge in [0.2, 0.25) is 11.8 Å². The molecule has 0 unspecified atom stereocenters. The Labute approximate surface area is 127 Å². The summed E-state index contributed by atoms with van der Waals surface area (Å²) in [5, 5.41) is 20.9. The minimum atomic E-state index is -3.69. The van der Waals surface area contributed by atoms with Gasteiger partial charge in [-0.05, 0) is 6.37 Å². The van der Waals surface area contributed by atoms with E-state index in [2.05, 4.69) is 12.6 Å². The van der Waals surface area contributed by atoms with Gasteiger partial charge in [-0.3, -0.25) is 19.2 Å². The molecule has 0 aliphatic heterocycles. The number of hydrogen-bond donors (Lipinski definition) is 6. The van der Waals surface area contributed by atoms with Crippen LogP contribution in [0, 0.1) is 0 Å². The second kappa shape index (κ2) is 9.15. The summed E-state index contributed by atoms with van der Waals surface area (Å²) in [5.74, 6) is -6.79. The Kier molecular flexibility index (Phi) is 4.99. The van der Waals surface area contributed by atoms with Crippen LogP contribution in [0.2, 0.25) is 0 Å². The number of aliphatic carboxylic acids is 2. The van der Waals surface area contributed by atoms with Crippen molar-refractivity contribution >= 4 is 36.4 Å². The molecule has 0 rings (SSSR count). The standard InChI is InChI=1S/C10H17N3O6S/c11-5(10(18)19)1-2-7(14)13-6(4-20)9(17)12-3-8(15)16/h5-6,20H,1-4,11H2,(H,12,17)(H,13,14)(H,15,16)(H,18,19)/t5-,6-/m0/s1/i1D2,2D2,5D. The average Bonchev–Trinajstić information content (AvgIpc) is 2.48. The van der Waals surface area contributed by atoms with Crippen molar-refractivity contribution in [3.05, 3.63) is 0 Å². The van der Waals surface area contributed by atoms with Crippen molar-refractivity contribution in [1.29, 1.82) is 0 Å². The van der Waals surface area contributed by atoms with Gasteiger partial charge in [0.25, 0.3) is 0 Å². The van der Waals surface area contributed by atoms with Crippen LogP contribution in [-0.2, 0) is 19.2 Å². The Morgan fingerprint density at radius 1 is 1.35 bits per heavy atom. The molecule has 0 aliphatic carbocycles. The Bertz CT molecular complexity index is 573. The van der Waals surface area contributed by atoms with Gasteiger partial charge >= 0.3 is 11.9 Å². The Balaban J connectivity index is 5.39. The van der Waals surface area contributed by atoms with Crippen LogP contribution in [0.4, 0.5) is 0 Å². The smallest absolute Gasteiger partial charge is 0.322 e. The molecule has 10 heteroatoms. The van der Waals surface area contributed by atoms with Crippen LogP contribution in [-0.4, -0.2) is 58.3 Å². The Hall–Kier alpha value is -1.81. The highest BCUT2D eigenvalue weighted by molar-refractivity contribution is 7.80. The number of rotatable bonds is 9. The third-order valence-corrected chi connectivity index (χ3v) is 2.12. The molecule has 0 aliphatic rings. The van der Waals surface area contributed by atoms with Crippen LogP contribution in [0.3, 0.4) is 0 Å². The fraction of sp³-hybridized carbons (Fsp3) is 0.600. The van der Waals surface area contributed by atoms with Crippen molar-refractivity contribution in [2.24, 2.45) is 5.73 Å². The number of carboxylic acids is 2. The minimum absolute atomic E-state index is 0.399. The maximum atomic E-state index is 12.0. The largest absolute Gasteiger partial charge is 0.480 e. The van der Waals surface area contributed by atoms with E-state index in [9.17, 15) is 19.2 Å². The predicted molar refractivity (Wildman–Crippen MR) is 71.3 cm³/mol. The Morgan fingerprint density at radius 2 is 1.95 bits per heavy atom. The SMILES string of the molecule is [2H]C([2H])(C(=O)N[C@@H](CS)C(=O)NCC(=O)O)C([2H])([2H])[C@]([2H])(N)C(=O)O. The molecule has 0 fully saturated rings. The summed E-state index contributed by atoms with van der Waals surface area (Å²) in [4.78, 5) is 45.0. The monoisotopic (exact) mass is 312 g/mol. The summed E-state index contributed by atoms with van der Waals surface area (Å²) in [6.07, 6.45) is -7.30. The summed E-state index contributed by atoms with van der Waals surface area (Å²) in [6, 6.07) is -5.04. The molecule has 0 bridgehead atoms.